The van der Waals surface area contributed by atoms with Crippen molar-refractivity contribution in [1.29, 1.82) is 0 Å². The topological polar surface area (TPSA) is 69.4 Å². The fourth-order valence-corrected chi connectivity index (χ4v) is 2.88. The highest BCUT2D eigenvalue weighted by Gasteiger charge is 2.08. The number of ether oxygens (including phenoxy) is 1. The van der Waals surface area contributed by atoms with Crippen LogP contribution >= 0.6 is 0 Å². The highest BCUT2D eigenvalue weighted by Crippen LogP contribution is 2.30. The van der Waals surface area contributed by atoms with Crippen LogP contribution in [0.1, 0.15) is 0 Å². The van der Waals surface area contributed by atoms with Gasteiger partial charge in [-0.25, -0.2) is 8.42 Å². The maximum absolute atomic E-state index is 11.4. The first-order valence-corrected chi connectivity index (χ1v) is 8.18. The first-order valence-electron chi connectivity index (χ1n) is 7.01. The average Bonchev–Trinajstić information content (AvgIpc) is 2.57. The molecule has 3 aromatic carbocycles. The van der Waals surface area contributed by atoms with Crippen molar-refractivity contribution in [3.8, 4) is 22.6 Å². The molecular formula is C18H15NO3S. The molecule has 0 saturated heterocycles. The Hall–Kier alpha value is -2.79. The average molecular weight is 325 g/mol. The van der Waals surface area contributed by atoms with Crippen LogP contribution in [0.4, 0.5) is 5.69 Å². The van der Waals surface area contributed by atoms with E-state index in [0.717, 1.165) is 5.56 Å². The number of hydrogen-bond acceptors (Lipinski definition) is 4. The van der Waals surface area contributed by atoms with E-state index in [1.165, 1.54) is 0 Å². The second kappa shape index (κ2) is 6.54. The number of hydrogen-bond donors (Lipinski definition) is 2. The molecule has 0 fully saturated rings. The molecule has 0 aliphatic rings. The van der Waals surface area contributed by atoms with Crippen molar-refractivity contribution in [1.82, 2.24) is 0 Å². The number of nitrogen functional groups attached to an aromatic ring is 1. The van der Waals surface area contributed by atoms with Gasteiger partial charge in [0.1, 0.15) is 11.5 Å². The van der Waals surface area contributed by atoms with E-state index in [4.69, 9.17) is 10.5 Å². The second-order valence-electron chi connectivity index (χ2n) is 4.97. The zero-order chi connectivity index (χ0) is 16.2. The molecule has 0 aliphatic carbocycles. The molecule has 3 rings (SSSR count). The predicted molar refractivity (Wildman–Crippen MR) is 91.4 cm³/mol. The van der Waals surface area contributed by atoms with Gasteiger partial charge >= 0.3 is 0 Å². The van der Waals surface area contributed by atoms with E-state index < -0.39 is 10.7 Å². The minimum absolute atomic E-state index is 0.298. The van der Waals surface area contributed by atoms with Gasteiger partial charge in [0.25, 0.3) is 0 Å². The molecule has 0 radical (unpaired) electrons. The molecule has 0 spiro atoms. The number of thiol groups is 1. The zero-order valence-corrected chi connectivity index (χ0v) is 13.1. The van der Waals surface area contributed by atoms with Gasteiger partial charge in [-0.05, 0) is 48.0 Å². The van der Waals surface area contributed by atoms with Crippen LogP contribution in [-0.4, -0.2) is 8.42 Å². The van der Waals surface area contributed by atoms with E-state index in [0.29, 0.717) is 27.6 Å². The summed E-state index contributed by atoms with van der Waals surface area (Å²) < 4.78 is 28.6. The smallest absolute Gasteiger partial charge is 0.168 e. The summed E-state index contributed by atoms with van der Waals surface area (Å²) in [6, 6.07) is 21.3. The van der Waals surface area contributed by atoms with Crippen molar-refractivity contribution in [3.05, 3.63) is 72.8 Å². The Labute approximate surface area is 136 Å². The van der Waals surface area contributed by atoms with E-state index >= 15 is 0 Å². The van der Waals surface area contributed by atoms with Gasteiger partial charge in [-0.2, -0.15) is 0 Å². The number of anilines is 1. The summed E-state index contributed by atoms with van der Waals surface area (Å²) in [6.07, 6.45) is 0. The highest BCUT2D eigenvalue weighted by atomic mass is 32.2. The Bertz CT molecular complexity index is 894. The highest BCUT2D eigenvalue weighted by molar-refractivity contribution is 7.72. The van der Waals surface area contributed by atoms with Crippen molar-refractivity contribution in [2.75, 3.05) is 5.73 Å². The maximum atomic E-state index is 11.4. The van der Waals surface area contributed by atoms with E-state index in [9.17, 15) is 8.42 Å². The van der Waals surface area contributed by atoms with E-state index in [2.05, 4.69) is 0 Å². The molecule has 0 aliphatic heterocycles. The van der Waals surface area contributed by atoms with Crippen LogP contribution in [-0.2, 0) is 10.7 Å². The molecule has 4 nitrogen and oxygen atoms in total. The zero-order valence-electron chi connectivity index (χ0n) is 12.2. The Kier molecular flexibility index (Phi) is 4.30. The summed E-state index contributed by atoms with van der Waals surface area (Å²) in [5.41, 5.74) is 7.76. The molecule has 5 heteroatoms. The lowest BCUT2D eigenvalue weighted by atomic mass is 10.1. The van der Waals surface area contributed by atoms with Crippen molar-refractivity contribution < 1.29 is 13.2 Å². The van der Waals surface area contributed by atoms with Gasteiger partial charge in [-0.15, -0.1) is 0 Å². The molecule has 0 aromatic heterocycles. The SMILES string of the molecule is Nc1ccc(Oc2cccc(-c3ccccc3[SH](=O)=O)c2)cc1. The summed E-state index contributed by atoms with van der Waals surface area (Å²) in [5.74, 6) is 1.29. The molecule has 0 heterocycles. The van der Waals surface area contributed by atoms with E-state index in [1.54, 1.807) is 42.5 Å². The molecule has 0 saturated carbocycles. The lowest BCUT2D eigenvalue weighted by Gasteiger charge is -2.09. The maximum Gasteiger partial charge on any atom is 0.168 e. The summed E-state index contributed by atoms with van der Waals surface area (Å²) >= 11 is 0. The quantitative estimate of drug-likeness (QED) is 0.567. The van der Waals surface area contributed by atoms with Gasteiger partial charge in [-0.1, -0.05) is 30.3 Å². The third-order valence-electron chi connectivity index (χ3n) is 3.36. The third kappa shape index (κ3) is 3.52. The summed E-state index contributed by atoms with van der Waals surface area (Å²) in [5, 5.41) is 0. The first-order chi connectivity index (χ1) is 11.1. The molecular weight excluding hydrogens is 310 g/mol. The van der Waals surface area contributed by atoms with Crippen LogP contribution in [0.25, 0.3) is 11.1 Å². The predicted octanol–water partition coefficient (Wildman–Crippen LogP) is 3.70. The standard InChI is InChI=1S/C18H15NO3S/c19-14-8-10-15(11-9-14)22-16-5-3-4-13(12-16)17-6-1-2-7-18(17)23(20)21/h1-12,23H,19H2. The van der Waals surface area contributed by atoms with Crippen molar-refractivity contribution >= 4 is 16.4 Å². The van der Waals surface area contributed by atoms with E-state index in [1.807, 2.05) is 30.3 Å². The van der Waals surface area contributed by atoms with Gasteiger partial charge in [0.2, 0.25) is 0 Å². The monoisotopic (exact) mass is 325 g/mol. The molecule has 2 N–H and O–H groups in total. The Morgan fingerprint density at radius 3 is 2.26 bits per heavy atom. The van der Waals surface area contributed by atoms with Crippen LogP contribution in [0, 0.1) is 0 Å². The van der Waals surface area contributed by atoms with Gasteiger partial charge in [-0.3, -0.25) is 0 Å². The van der Waals surface area contributed by atoms with Crippen LogP contribution in [0.15, 0.2) is 77.7 Å². The van der Waals surface area contributed by atoms with Crippen LogP contribution in [0.5, 0.6) is 11.5 Å². The lowest BCUT2D eigenvalue weighted by molar-refractivity contribution is 0.483. The van der Waals surface area contributed by atoms with Gasteiger partial charge < -0.3 is 10.5 Å². The number of nitrogens with two attached hydrogens (primary N) is 1. The number of benzene rings is 3. The minimum Gasteiger partial charge on any atom is -0.457 e. The van der Waals surface area contributed by atoms with Crippen molar-refractivity contribution in [3.63, 3.8) is 0 Å². The normalized spacial score (nSPS) is 10.7. The van der Waals surface area contributed by atoms with Gasteiger partial charge in [0.05, 0.1) is 4.90 Å². The largest absolute Gasteiger partial charge is 0.457 e. The molecule has 23 heavy (non-hydrogen) atoms. The molecule has 116 valence electrons. The third-order valence-corrected chi connectivity index (χ3v) is 4.14. The summed E-state index contributed by atoms with van der Waals surface area (Å²) in [4.78, 5) is 0.298. The summed E-state index contributed by atoms with van der Waals surface area (Å²) in [7, 11) is -2.66. The van der Waals surface area contributed by atoms with E-state index in [-0.39, 0.29) is 0 Å². The fraction of sp³-hybridized carbons (Fsp3) is 0. The van der Waals surface area contributed by atoms with Crippen LogP contribution in [0.2, 0.25) is 0 Å². The Morgan fingerprint density at radius 2 is 1.52 bits per heavy atom. The fourth-order valence-electron chi connectivity index (χ4n) is 2.28. The van der Waals surface area contributed by atoms with Gasteiger partial charge in [0.15, 0.2) is 10.7 Å². The van der Waals surface area contributed by atoms with Crippen LogP contribution < -0.4 is 10.5 Å². The second-order valence-corrected chi connectivity index (χ2v) is 5.97. The molecule has 0 unspecified atom stereocenters. The first kappa shape index (κ1) is 15.1. The van der Waals surface area contributed by atoms with Gasteiger partial charge in [0, 0.05) is 11.3 Å². The van der Waals surface area contributed by atoms with Crippen molar-refractivity contribution in [2.45, 2.75) is 4.90 Å². The lowest BCUT2D eigenvalue weighted by Crippen LogP contribution is -1.89. The molecule has 0 bridgehead atoms. The molecule has 0 atom stereocenters. The molecule has 3 aromatic rings. The minimum atomic E-state index is -2.66. The summed E-state index contributed by atoms with van der Waals surface area (Å²) in [6.45, 7) is 0. The van der Waals surface area contributed by atoms with Crippen LogP contribution in [0.3, 0.4) is 0 Å². The molecule has 0 amide bonds. The Balaban J connectivity index is 1.96. The Morgan fingerprint density at radius 1 is 0.783 bits per heavy atom. The number of rotatable bonds is 4. The van der Waals surface area contributed by atoms with Crippen molar-refractivity contribution in [2.24, 2.45) is 0 Å².